The lowest BCUT2D eigenvalue weighted by molar-refractivity contribution is 0.187. The minimum absolute atomic E-state index is 0.211. The number of fused-ring (bicyclic) bond motifs is 4. The normalized spacial score (nSPS) is 15.2. The fourth-order valence-corrected chi connectivity index (χ4v) is 5.52. The summed E-state index contributed by atoms with van der Waals surface area (Å²) in [6, 6.07) is 12.2. The lowest BCUT2D eigenvalue weighted by Gasteiger charge is -2.19. The first-order chi connectivity index (χ1) is 20.5. The van der Waals surface area contributed by atoms with E-state index in [4.69, 9.17) is 21.3 Å². The molecule has 4 heterocycles. The van der Waals surface area contributed by atoms with Gasteiger partial charge in [-0.15, -0.1) is 5.10 Å². The number of tetrazole rings is 1. The second-order valence-corrected chi connectivity index (χ2v) is 10.5. The average molecular weight is 586 g/mol. The van der Waals surface area contributed by atoms with E-state index in [-0.39, 0.29) is 11.6 Å². The zero-order valence-corrected chi connectivity index (χ0v) is 23.6. The minimum atomic E-state index is -0.512. The first kappa shape index (κ1) is 27.3. The lowest BCUT2D eigenvalue weighted by atomic mass is 9.97. The maximum Gasteiger partial charge on any atom is 0.411 e. The number of ether oxygens (including phenoxy) is 1. The third-order valence-electron chi connectivity index (χ3n) is 7.41. The number of methoxy groups -OCH3 is 1. The van der Waals surface area contributed by atoms with Crippen LogP contribution in [-0.2, 0) is 11.2 Å². The molecule has 0 spiro atoms. The van der Waals surface area contributed by atoms with E-state index in [0.717, 1.165) is 55.3 Å². The van der Waals surface area contributed by atoms with Crippen LogP contribution in [0.4, 0.5) is 10.5 Å². The fourth-order valence-electron chi connectivity index (χ4n) is 5.34. The van der Waals surface area contributed by atoms with Gasteiger partial charge in [0.05, 0.1) is 42.8 Å². The number of aromatic amines is 1. The molecule has 2 bridgehead atoms. The van der Waals surface area contributed by atoms with E-state index < -0.39 is 6.09 Å². The summed E-state index contributed by atoms with van der Waals surface area (Å²) in [5.74, 6) is 0.682. The maximum absolute atomic E-state index is 13.6. The molecule has 6 rings (SSSR count). The van der Waals surface area contributed by atoms with Gasteiger partial charge in [-0.25, -0.2) is 14.8 Å². The Morgan fingerprint density at radius 1 is 1.05 bits per heavy atom. The largest absolute Gasteiger partial charge is 0.453 e. The van der Waals surface area contributed by atoms with Crippen LogP contribution in [0.15, 0.2) is 66.1 Å². The monoisotopic (exact) mass is 585 g/mol. The number of H-pyrrole nitrogens is 1. The molecule has 214 valence electrons. The summed E-state index contributed by atoms with van der Waals surface area (Å²) in [4.78, 5) is 38.2. The predicted molar refractivity (Wildman–Crippen MR) is 157 cm³/mol. The van der Waals surface area contributed by atoms with Crippen molar-refractivity contribution in [3.05, 3.63) is 88.1 Å². The Labute approximate surface area is 245 Å². The number of hydrogen-bond acceptors (Lipinski definition) is 8. The number of imidazole rings is 1. The van der Waals surface area contributed by atoms with Crippen LogP contribution < -0.4 is 10.9 Å². The predicted octanol–water partition coefficient (Wildman–Crippen LogP) is 5.20. The minimum Gasteiger partial charge on any atom is -0.453 e. The van der Waals surface area contributed by atoms with Crippen molar-refractivity contribution in [2.24, 2.45) is 0 Å². The fraction of sp³-hybridized carbons (Fsp3) is 0.276. The number of anilines is 1. The SMILES string of the molecule is COC(=O)Nc1ccc2c(c1)CCCCCCC(n1cnc(-c3cc(Cl)ccc3-n3cnnn3)cc1=O)c1ncc-2[nH]1. The van der Waals surface area contributed by atoms with Crippen LogP contribution in [0.2, 0.25) is 5.02 Å². The molecule has 13 heteroatoms. The van der Waals surface area contributed by atoms with Gasteiger partial charge in [0.2, 0.25) is 0 Å². The van der Waals surface area contributed by atoms with Gasteiger partial charge >= 0.3 is 6.09 Å². The third-order valence-corrected chi connectivity index (χ3v) is 7.65. The van der Waals surface area contributed by atoms with Crippen molar-refractivity contribution in [2.75, 3.05) is 12.4 Å². The molecule has 0 saturated carbocycles. The van der Waals surface area contributed by atoms with Crippen LogP contribution in [-0.4, -0.2) is 52.9 Å². The zero-order chi connectivity index (χ0) is 29.1. The number of aryl methyl sites for hydroxylation is 1. The quantitative estimate of drug-likeness (QED) is 0.292. The van der Waals surface area contributed by atoms with Gasteiger partial charge in [-0.3, -0.25) is 14.7 Å². The topological polar surface area (TPSA) is 145 Å². The average Bonchev–Trinajstić information content (AvgIpc) is 3.70. The van der Waals surface area contributed by atoms with Gasteiger partial charge in [0, 0.05) is 27.9 Å². The molecule has 0 saturated heterocycles. The molecule has 12 nitrogen and oxygen atoms in total. The van der Waals surface area contributed by atoms with Crippen molar-refractivity contribution >= 4 is 23.4 Å². The number of carbonyl (C=O) groups excluding carboxylic acids is 1. The first-order valence-corrected chi connectivity index (χ1v) is 14.0. The smallest absolute Gasteiger partial charge is 0.411 e. The number of rotatable bonds is 4. The Morgan fingerprint density at radius 2 is 1.93 bits per heavy atom. The molecule has 1 aliphatic heterocycles. The summed E-state index contributed by atoms with van der Waals surface area (Å²) < 4.78 is 7.87. The molecule has 0 radical (unpaired) electrons. The summed E-state index contributed by atoms with van der Waals surface area (Å²) in [7, 11) is 1.34. The molecule has 5 aromatic rings. The van der Waals surface area contributed by atoms with E-state index in [1.165, 1.54) is 24.2 Å². The van der Waals surface area contributed by atoms with Gasteiger partial charge in [0.1, 0.15) is 12.2 Å². The Morgan fingerprint density at radius 3 is 2.74 bits per heavy atom. The molecule has 1 aliphatic rings. The highest BCUT2D eigenvalue weighted by Gasteiger charge is 2.22. The van der Waals surface area contributed by atoms with E-state index in [0.29, 0.717) is 33.5 Å². The van der Waals surface area contributed by atoms with Crippen LogP contribution in [0.25, 0.3) is 28.2 Å². The van der Waals surface area contributed by atoms with Crippen molar-refractivity contribution in [3.63, 3.8) is 0 Å². The third kappa shape index (κ3) is 5.66. The molecule has 3 aromatic heterocycles. The zero-order valence-electron chi connectivity index (χ0n) is 22.8. The van der Waals surface area contributed by atoms with Crippen LogP contribution in [0.3, 0.4) is 0 Å². The Balaban J connectivity index is 1.36. The van der Waals surface area contributed by atoms with Crippen LogP contribution in [0.1, 0.15) is 49.5 Å². The molecule has 1 amide bonds. The highest BCUT2D eigenvalue weighted by atomic mass is 35.5. The van der Waals surface area contributed by atoms with Crippen molar-refractivity contribution in [1.29, 1.82) is 0 Å². The molecule has 1 unspecified atom stereocenters. The highest BCUT2D eigenvalue weighted by molar-refractivity contribution is 6.31. The number of benzene rings is 2. The molecule has 0 aliphatic carbocycles. The van der Waals surface area contributed by atoms with E-state index >= 15 is 0 Å². The van der Waals surface area contributed by atoms with Crippen molar-refractivity contribution in [3.8, 4) is 28.2 Å². The van der Waals surface area contributed by atoms with Crippen molar-refractivity contribution in [2.45, 2.75) is 44.6 Å². The van der Waals surface area contributed by atoms with Gasteiger partial charge in [-0.1, -0.05) is 36.9 Å². The molecular weight excluding hydrogens is 558 g/mol. The summed E-state index contributed by atoms with van der Waals surface area (Å²) in [6.07, 6.45) is 9.90. The molecule has 1 atom stereocenters. The summed E-state index contributed by atoms with van der Waals surface area (Å²) in [5, 5.41) is 14.7. The number of aromatic nitrogens is 8. The van der Waals surface area contributed by atoms with Gasteiger partial charge in [-0.05, 0) is 65.6 Å². The summed E-state index contributed by atoms with van der Waals surface area (Å²) in [6.45, 7) is 0. The van der Waals surface area contributed by atoms with Crippen LogP contribution in [0, 0.1) is 0 Å². The van der Waals surface area contributed by atoms with Crippen molar-refractivity contribution in [1.82, 2.24) is 39.7 Å². The van der Waals surface area contributed by atoms with Gasteiger partial charge in [0.15, 0.2) is 0 Å². The second-order valence-electron chi connectivity index (χ2n) is 10.1. The lowest BCUT2D eigenvalue weighted by Crippen LogP contribution is -2.26. The summed E-state index contributed by atoms with van der Waals surface area (Å²) in [5.41, 5.74) is 5.15. The Bertz CT molecular complexity index is 1780. The van der Waals surface area contributed by atoms with E-state index in [1.807, 2.05) is 18.2 Å². The molecule has 0 fully saturated rings. The Hall–Kier alpha value is -4.84. The molecule has 2 aromatic carbocycles. The van der Waals surface area contributed by atoms with Gasteiger partial charge in [-0.2, -0.15) is 4.68 Å². The Kier molecular flexibility index (Phi) is 7.78. The highest BCUT2D eigenvalue weighted by Crippen LogP contribution is 2.32. The van der Waals surface area contributed by atoms with E-state index in [9.17, 15) is 9.59 Å². The first-order valence-electron chi connectivity index (χ1n) is 13.6. The molecule has 2 N–H and O–H groups in total. The van der Waals surface area contributed by atoms with Crippen LogP contribution in [0.5, 0.6) is 0 Å². The standard InChI is InChI=1S/C29H28ClN9O3/c1-42-29(41)34-20-9-10-21-18(12-20)6-4-2-3-5-7-26(28-31-15-24(21)35-28)38-16-32-23(14-27(38)40)22-13-19(30)8-11-25(22)39-17-33-36-37-39/h8-17,26H,2-7H2,1H3,(H,31,35)(H,34,41). The summed E-state index contributed by atoms with van der Waals surface area (Å²) >= 11 is 6.30. The second kappa shape index (κ2) is 12.0. The number of halogens is 1. The molecular formula is C29H28ClN9O3. The van der Waals surface area contributed by atoms with Gasteiger partial charge < -0.3 is 9.72 Å². The number of amides is 1. The number of hydrogen-bond donors (Lipinski definition) is 2. The molecule has 42 heavy (non-hydrogen) atoms. The van der Waals surface area contributed by atoms with E-state index in [1.54, 1.807) is 35.3 Å². The van der Waals surface area contributed by atoms with Crippen LogP contribution >= 0.6 is 11.6 Å². The number of nitrogens with zero attached hydrogens (tertiary/aromatic N) is 7. The van der Waals surface area contributed by atoms with Crippen molar-refractivity contribution < 1.29 is 9.53 Å². The maximum atomic E-state index is 13.6. The number of carbonyl (C=O) groups is 1. The van der Waals surface area contributed by atoms with Gasteiger partial charge in [0.25, 0.3) is 5.56 Å². The van der Waals surface area contributed by atoms with E-state index in [2.05, 4.69) is 30.8 Å². The number of nitrogens with one attached hydrogen (secondary N) is 2.